The van der Waals surface area contributed by atoms with Crippen LogP contribution in [-0.4, -0.2) is 17.2 Å². The molecule has 0 fully saturated rings. The molecule has 0 bridgehead atoms. The van der Waals surface area contributed by atoms with E-state index in [-0.39, 0.29) is 5.82 Å². The average molecular weight is 944 g/mol. The van der Waals surface area contributed by atoms with Crippen molar-refractivity contribution >= 4 is 89.5 Å². The predicted octanol–water partition coefficient (Wildman–Crippen LogP) is 14.7. The highest BCUT2D eigenvalue weighted by Crippen LogP contribution is 2.43. The van der Waals surface area contributed by atoms with Crippen LogP contribution in [0.5, 0.6) is 11.5 Å². The first-order valence-corrected chi connectivity index (χ1v) is 26.3. The molecule has 0 saturated heterocycles. The van der Waals surface area contributed by atoms with Gasteiger partial charge in [-0.05, 0) is 142 Å². The Bertz CT molecular complexity index is 3950. The number of anilines is 3. The molecular formula is C66H46FN3OSi. The number of hydrogen-bond donors (Lipinski definition) is 0. The molecule has 0 saturated carbocycles. The largest absolute Gasteiger partial charge is 0.457 e. The first-order valence-electron chi connectivity index (χ1n) is 24.3. The van der Waals surface area contributed by atoms with Gasteiger partial charge >= 0.3 is 0 Å². The third-order valence-electron chi connectivity index (χ3n) is 14.1. The molecule has 0 spiro atoms. The van der Waals surface area contributed by atoms with Gasteiger partial charge in [-0.25, -0.2) is 4.39 Å². The van der Waals surface area contributed by atoms with Gasteiger partial charge in [-0.1, -0.05) is 158 Å². The normalized spacial score (nSPS) is 11.7. The van der Waals surface area contributed by atoms with Crippen LogP contribution in [0.15, 0.2) is 279 Å². The van der Waals surface area contributed by atoms with Gasteiger partial charge in [0.15, 0.2) is 8.07 Å². The molecule has 2 heterocycles. The van der Waals surface area contributed by atoms with E-state index in [0.717, 1.165) is 78.2 Å². The number of hydrogen-bond acceptors (Lipinski definition) is 2. The van der Waals surface area contributed by atoms with E-state index in [2.05, 4.69) is 226 Å². The standard InChI is InChI=1S/C66H46FN3OSi/c67-47-30-32-50(33-31-47)70-63-29-17-16-28-59(63)60-44-51(36-41-64(60)70)68(49-34-38-54(39-35-49)71-53-20-8-2-9-21-53)52-37-42-65-61(45-52)62-46-58(40-43-66(62)69(65)48-18-6-1-7-19-48)72(55-22-10-3-11-23-55,56-24-12-4-13-25-56)57-26-14-5-15-27-57/h1-46H. The van der Waals surface area contributed by atoms with Gasteiger partial charge in [-0.3, -0.25) is 0 Å². The number of rotatable bonds is 11. The Kier molecular flexibility index (Phi) is 10.7. The molecule has 2 aromatic heterocycles. The molecule has 0 aliphatic heterocycles. The van der Waals surface area contributed by atoms with E-state index in [9.17, 15) is 4.39 Å². The van der Waals surface area contributed by atoms with Gasteiger partial charge in [-0.2, -0.15) is 0 Å². The summed E-state index contributed by atoms with van der Waals surface area (Å²) in [6.45, 7) is 0. The van der Waals surface area contributed by atoms with Gasteiger partial charge in [0.25, 0.3) is 0 Å². The maximum atomic E-state index is 14.3. The predicted molar refractivity (Wildman–Crippen MR) is 300 cm³/mol. The van der Waals surface area contributed by atoms with Crippen LogP contribution < -0.4 is 30.4 Å². The number of fused-ring (bicyclic) bond motifs is 6. The Balaban J connectivity index is 1.06. The Morgan fingerprint density at radius 1 is 0.306 bits per heavy atom. The first kappa shape index (κ1) is 42.8. The van der Waals surface area contributed by atoms with Crippen LogP contribution in [0.4, 0.5) is 21.5 Å². The molecule has 0 amide bonds. The maximum Gasteiger partial charge on any atom is 0.179 e. The van der Waals surface area contributed by atoms with Crippen molar-refractivity contribution in [2.75, 3.05) is 4.90 Å². The highest BCUT2D eigenvalue weighted by molar-refractivity contribution is 7.20. The van der Waals surface area contributed by atoms with E-state index >= 15 is 0 Å². The Morgan fingerprint density at radius 2 is 0.708 bits per heavy atom. The zero-order valence-corrected chi connectivity index (χ0v) is 40.2. The topological polar surface area (TPSA) is 22.3 Å². The van der Waals surface area contributed by atoms with E-state index in [0.29, 0.717) is 0 Å². The fourth-order valence-corrected chi connectivity index (χ4v) is 15.8. The number of para-hydroxylation sites is 3. The molecule has 0 unspecified atom stereocenters. The average Bonchev–Trinajstić information content (AvgIpc) is 3.95. The zero-order valence-electron chi connectivity index (χ0n) is 39.2. The lowest BCUT2D eigenvalue weighted by Gasteiger charge is -2.34. The van der Waals surface area contributed by atoms with Crippen molar-refractivity contribution in [2.45, 2.75) is 0 Å². The molecule has 13 rings (SSSR count). The summed E-state index contributed by atoms with van der Waals surface area (Å²) in [4.78, 5) is 2.35. The lowest BCUT2D eigenvalue weighted by atomic mass is 10.1. The second-order valence-electron chi connectivity index (χ2n) is 18.2. The van der Waals surface area contributed by atoms with Gasteiger partial charge < -0.3 is 18.8 Å². The van der Waals surface area contributed by atoms with Crippen LogP contribution in [0.2, 0.25) is 0 Å². The quantitative estimate of drug-likeness (QED) is 0.0952. The molecule has 4 nitrogen and oxygen atoms in total. The van der Waals surface area contributed by atoms with Crippen LogP contribution in [0.3, 0.4) is 0 Å². The smallest absolute Gasteiger partial charge is 0.179 e. The second kappa shape index (κ2) is 17.9. The Morgan fingerprint density at radius 3 is 1.26 bits per heavy atom. The van der Waals surface area contributed by atoms with Crippen molar-refractivity contribution < 1.29 is 9.13 Å². The molecular weight excluding hydrogens is 898 g/mol. The third-order valence-corrected chi connectivity index (χ3v) is 18.9. The summed E-state index contributed by atoms with van der Waals surface area (Å²) in [5.41, 5.74) is 9.34. The SMILES string of the molecule is Fc1ccc(-n2c3ccccc3c3cc(N(c4ccc(Oc5ccccc5)cc4)c4ccc5c(c4)c4cc([Si](c6ccccc6)(c6ccccc6)c6ccccc6)ccc4n5-c4ccccc4)ccc32)cc1. The van der Waals surface area contributed by atoms with Gasteiger partial charge in [-0.15, -0.1) is 0 Å². The fraction of sp³-hybridized carbons (Fsp3) is 0. The van der Waals surface area contributed by atoms with E-state index < -0.39 is 8.07 Å². The lowest BCUT2D eigenvalue weighted by Crippen LogP contribution is -2.74. The molecule has 0 N–H and O–H groups in total. The van der Waals surface area contributed by atoms with Gasteiger partial charge in [0, 0.05) is 50.0 Å². The minimum atomic E-state index is -2.88. The summed E-state index contributed by atoms with van der Waals surface area (Å²) in [5, 5.41) is 9.83. The van der Waals surface area contributed by atoms with Gasteiger partial charge in [0.05, 0.1) is 22.1 Å². The van der Waals surface area contributed by atoms with E-state index in [1.54, 1.807) is 0 Å². The minimum Gasteiger partial charge on any atom is -0.457 e. The van der Waals surface area contributed by atoms with E-state index in [1.165, 1.54) is 38.3 Å². The summed E-state index contributed by atoms with van der Waals surface area (Å²) in [6, 6.07) is 98.4. The highest BCUT2D eigenvalue weighted by Gasteiger charge is 2.41. The lowest BCUT2D eigenvalue weighted by molar-refractivity contribution is 0.483. The minimum absolute atomic E-state index is 0.261. The van der Waals surface area contributed by atoms with Crippen LogP contribution in [0, 0.1) is 5.82 Å². The van der Waals surface area contributed by atoms with Crippen LogP contribution in [0.1, 0.15) is 0 Å². The van der Waals surface area contributed by atoms with Crippen molar-refractivity contribution in [2.24, 2.45) is 0 Å². The Hall–Kier alpha value is -9.23. The van der Waals surface area contributed by atoms with E-state index in [4.69, 9.17) is 4.74 Å². The highest BCUT2D eigenvalue weighted by atomic mass is 28.3. The summed E-state index contributed by atoms with van der Waals surface area (Å²) >= 11 is 0. The van der Waals surface area contributed by atoms with Crippen molar-refractivity contribution in [3.05, 3.63) is 285 Å². The monoisotopic (exact) mass is 943 g/mol. The zero-order chi connectivity index (χ0) is 48.0. The summed E-state index contributed by atoms with van der Waals surface area (Å²) < 4.78 is 25.2. The molecule has 0 radical (unpaired) electrons. The summed E-state index contributed by atoms with van der Waals surface area (Å²) in [7, 11) is -2.88. The number of aromatic nitrogens is 2. The van der Waals surface area contributed by atoms with Crippen LogP contribution in [-0.2, 0) is 0 Å². The molecule has 11 aromatic carbocycles. The molecule has 13 aromatic rings. The van der Waals surface area contributed by atoms with Crippen molar-refractivity contribution in [3.63, 3.8) is 0 Å². The van der Waals surface area contributed by atoms with Crippen molar-refractivity contribution in [3.8, 4) is 22.9 Å². The Labute approximate surface area is 418 Å². The van der Waals surface area contributed by atoms with Gasteiger partial charge in [0.1, 0.15) is 17.3 Å². The van der Waals surface area contributed by atoms with Crippen molar-refractivity contribution in [1.82, 2.24) is 9.13 Å². The molecule has 0 aliphatic rings. The van der Waals surface area contributed by atoms with Crippen LogP contribution >= 0.6 is 0 Å². The second-order valence-corrected chi connectivity index (χ2v) is 22.0. The van der Waals surface area contributed by atoms with Crippen LogP contribution in [0.25, 0.3) is 55.0 Å². The molecule has 0 aliphatic carbocycles. The molecule has 0 atom stereocenters. The van der Waals surface area contributed by atoms with Crippen molar-refractivity contribution in [1.29, 1.82) is 0 Å². The fourth-order valence-electron chi connectivity index (χ4n) is 11.0. The third kappa shape index (κ3) is 7.27. The number of nitrogens with zero attached hydrogens (tertiary/aromatic N) is 3. The van der Waals surface area contributed by atoms with Gasteiger partial charge in [0.2, 0.25) is 0 Å². The molecule has 342 valence electrons. The molecule has 6 heteroatoms. The molecule has 72 heavy (non-hydrogen) atoms. The number of halogens is 1. The first-order chi connectivity index (χ1) is 35.6. The number of benzene rings is 11. The summed E-state index contributed by atoms with van der Waals surface area (Å²) in [5.74, 6) is 1.27. The summed E-state index contributed by atoms with van der Waals surface area (Å²) in [6.07, 6.45) is 0. The maximum absolute atomic E-state index is 14.3. The number of ether oxygens (including phenoxy) is 1. The van der Waals surface area contributed by atoms with E-state index in [1.807, 2.05) is 54.6 Å².